The zero-order valence-corrected chi connectivity index (χ0v) is 9.49. The Labute approximate surface area is 92.4 Å². The van der Waals surface area contributed by atoms with Gasteiger partial charge < -0.3 is 0 Å². The molecule has 0 saturated carbocycles. The maximum atomic E-state index is 4.00. The third-order valence-electron chi connectivity index (χ3n) is 2.31. The largest absolute Gasteiger partial charge is 0.219 e. The molecule has 0 saturated heterocycles. The van der Waals surface area contributed by atoms with Gasteiger partial charge in [-0.1, -0.05) is 19.1 Å². The Hall–Kier alpha value is -1.86. The van der Waals surface area contributed by atoms with Gasteiger partial charge >= 0.3 is 0 Å². The van der Waals surface area contributed by atoms with Crippen LogP contribution in [0.25, 0.3) is 0 Å². The first-order valence-electron chi connectivity index (χ1n) is 5.16. The van der Waals surface area contributed by atoms with Crippen molar-refractivity contribution in [3.8, 4) is 0 Å². The Kier molecular flexibility index (Phi) is 2.88. The Morgan fingerprint density at radius 3 is 2.62 bits per heavy atom. The van der Waals surface area contributed by atoms with Crippen molar-refractivity contribution in [3.63, 3.8) is 0 Å². The highest BCUT2D eigenvalue weighted by atomic mass is 15.6. The van der Waals surface area contributed by atoms with Gasteiger partial charge in [-0.15, -0.1) is 15.3 Å². The average molecular weight is 222 g/mol. The van der Waals surface area contributed by atoms with Gasteiger partial charge in [0.25, 0.3) is 0 Å². The average Bonchev–Trinajstić information content (AvgIpc) is 2.84. The number of H-pyrrole nitrogens is 1. The molecule has 8 heteroatoms. The molecule has 0 aliphatic carbocycles. The fourth-order valence-corrected chi connectivity index (χ4v) is 1.60. The number of rotatable bonds is 4. The summed E-state index contributed by atoms with van der Waals surface area (Å²) >= 11 is 0. The molecule has 86 valence electrons. The molecule has 2 aromatic heterocycles. The Bertz CT molecular complexity index is 431. The van der Waals surface area contributed by atoms with Gasteiger partial charge in [-0.3, -0.25) is 0 Å². The monoisotopic (exact) mass is 222 g/mol. The fourth-order valence-electron chi connectivity index (χ4n) is 1.60. The van der Waals surface area contributed by atoms with Crippen LogP contribution in [0.3, 0.4) is 0 Å². The molecular formula is C8H14N8. The molecule has 2 rings (SSSR count). The van der Waals surface area contributed by atoms with Crippen molar-refractivity contribution in [2.45, 2.75) is 33.2 Å². The first-order valence-corrected chi connectivity index (χ1v) is 5.16. The number of tetrazole rings is 2. The van der Waals surface area contributed by atoms with E-state index in [9.17, 15) is 0 Å². The van der Waals surface area contributed by atoms with E-state index < -0.39 is 0 Å². The Balaban J connectivity index is 2.32. The molecule has 0 spiro atoms. The van der Waals surface area contributed by atoms with Gasteiger partial charge in [-0.2, -0.15) is 5.21 Å². The molecule has 0 aliphatic rings. The van der Waals surface area contributed by atoms with Gasteiger partial charge in [0.1, 0.15) is 11.9 Å². The summed E-state index contributed by atoms with van der Waals surface area (Å²) in [4.78, 5) is 0. The minimum Gasteiger partial charge on any atom is -0.219 e. The summed E-state index contributed by atoms with van der Waals surface area (Å²) in [6.45, 7) is 6.12. The van der Waals surface area contributed by atoms with E-state index in [1.165, 1.54) is 0 Å². The molecule has 2 heterocycles. The van der Waals surface area contributed by atoms with Crippen molar-refractivity contribution in [2.75, 3.05) is 0 Å². The van der Waals surface area contributed by atoms with Crippen LogP contribution >= 0.6 is 0 Å². The number of aromatic amines is 1. The number of hydrogen-bond donors (Lipinski definition) is 1. The lowest BCUT2D eigenvalue weighted by Gasteiger charge is -2.15. The van der Waals surface area contributed by atoms with Gasteiger partial charge in [0.2, 0.25) is 0 Å². The van der Waals surface area contributed by atoms with Crippen molar-refractivity contribution < 1.29 is 0 Å². The highest BCUT2D eigenvalue weighted by Gasteiger charge is 2.22. The van der Waals surface area contributed by atoms with Crippen molar-refractivity contribution in [2.24, 2.45) is 5.92 Å². The minimum absolute atomic E-state index is 0.0613. The maximum absolute atomic E-state index is 4.00. The van der Waals surface area contributed by atoms with E-state index in [0.29, 0.717) is 11.7 Å². The second kappa shape index (κ2) is 4.33. The lowest BCUT2D eigenvalue weighted by molar-refractivity contribution is 0.392. The Morgan fingerprint density at radius 2 is 2.12 bits per heavy atom. The van der Waals surface area contributed by atoms with Crippen molar-refractivity contribution >= 4 is 0 Å². The molecule has 16 heavy (non-hydrogen) atoms. The van der Waals surface area contributed by atoms with E-state index in [1.54, 1.807) is 4.68 Å². The lowest BCUT2D eigenvalue weighted by atomic mass is 10.0. The summed E-state index contributed by atoms with van der Waals surface area (Å²) in [5.41, 5.74) is 0. The third-order valence-corrected chi connectivity index (χ3v) is 2.31. The second-order valence-corrected chi connectivity index (χ2v) is 4.09. The van der Waals surface area contributed by atoms with Crippen LogP contribution in [0.2, 0.25) is 0 Å². The van der Waals surface area contributed by atoms with Gasteiger partial charge in [0.05, 0.1) is 0 Å². The van der Waals surface area contributed by atoms with E-state index in [0.717, 1.165) is 12.2 Å². The summed E-state index contributed by atoms with van der Waals surface area (Å²) in [6.07, 6.45) is 0.866. The Morgan fingerprint density at radius 1 is 1.31 bits per heavy atom. The summed E-state index contributed by atoms with van der Waals surface area (Å²) in [6, 6.07) is -0.0613. The van der Waals surface area contributed by atoms with E-state index in [-0.39, 0.29) is 6.04 Å². The molecule has 1 unspecified atom stereocenters. The molecule has 0 amide bonds. The predicted molar refractivity (Wildman–Crippen MR) is 54.3 cm³/mol. The molecule has 0 bridgehead atoms. The molecule has 2 aromatic rings. The SMILES string of the molecule is Cc1nnnn1C(CC(C)C)c1nn[nH]n1. The summed E-state index contributed by atoms with van der Waals surface area (Å²) < 4.78 is 1.73. The quantitative estimate of drug-likeness (QED) is 0.789. The third kappa shape index (κ3) is 2.05. The molecule has 0 aromatic carbocycles. The molecule has 0 radical (unpaired) electrons. The summed E-state index contributed by atoms with van der Waals surface area (Å²) in [5.74, 6) is 1.85. The highest BCUT2D eigenvalue weighted by molar-refractivity contribution is 4.94. The second-order valence-electron chi connectivity index (χ2n) is 4.09. The van der Waals surface area contributed by atoms with Crippen LogP contribution in [-0.2, 0) is 0 Å². The van der Waals surface area contributed by atoms with Crippen molar-refractivity contribution in [1.82, 2.24) is 40.8 Å². The van der Waals surface area contributed by atoms with E-state index in [1.807, 2.05) is 6.92 Å². The van der Waals surface area contributed by atoms with Crippen molar-refractivity contribution in [3.05, 3.63) is 11.6 Å². The first kappa shape index (κ1) is 10.7. The van der Waals surface area contributed by atoms with E-state index >= 15 is 0 Å². The van der Waals surface area contributed by atoms with E-state index in [2.05, 4.69) is 50.0 Å². The zero-order chi connectivity index (χ0) is 11.5. The summed E-state index contributed by atoms with van der Waals surface area (Å²) in [5, 5.41) is 25.5. The summed E-state index contributed by atoms with van der Waals surface area (Å²) in [7, 11) is 0. The smallest absolute Gasteiger partial charge is 0.199 e. The van der Waals surface area contributed by atoms with Gasteiger partial charge in [0.15, 0.2) is 5.82 Å². The van der Waals surface area contributed by atoms with Crippen molar-refractivity contribution in [1.29, 1.82) is 0 Å². The van der Waals surface area contributed by atoms with Gasteiger partial charge in [-0.25, -0.2) is 4.68 Å². The van der Waals surface area contributed by atoms with Crippen LogP contribution < -0.4 is 0 Å². The molecule has 1 N–H and O–H groups in total. The van der Waals surface area contributed by atoms with Crippen LogP contribution in [0.1, 0.15) is 38.0 Å². The molecule has 0 fully saturated rings. The molecular weight excluding hydrogens is 208 g/mol. The lowest BCUT2D eigenvalue weighted by Crippen LogP contribution is -2.17. The molecule has 8 nitrogen and oxygen atoms in total. The number of aromatic nitrogens is 8. The van der Waals surface area contributed by atoms with E-state index in [4.69, 9.17) is 0 Å². The topological polar surface area (TPSA) is 98.1 Å². The van der Waals surface area contributed by atoms with Gasteiger partial charge in [0, 0.05) is 0 Å². The van der Waals surface area contributed by atoms with Gasteiger partial charge in [-0.05, 0) is 29.7 Å². The standard InChI is InChI=1S/C8H14N8/c1-5(2)4-7(8-10-12-13-11-8)16-6(3)9-14-15-16/h5,7H,4H2,1-3H3,(H,10,11,12,13). The fraction of sp³-hybridized carbons (Fsp3) is 0.750. The number of nitrogens with zero attached hydrogens (tertiary/aromatic N) is 7. The number of hydrogen-bond acceptors (Lipinski definition) is 6. The highest BCUT2D eigenvalue weighted by Crippen LogP contribution is 2.21. The normalized spacial score (nSPS) is 13.2. The zero-order valence-electron chi connectivity index (χ0n) is 9.49. The van der Waals surface area contributed by atoms with Crippen LogP contribution in [0.5, 0.6) is 0 Å². The molecule has 0 aliphatic heterocycles. The number of nitrogens with one attached hydrogen (secondary N) is 1. The van der Waals surface area contributed by atoms with Crippen LogP contribution in [0.4, 0.5) is 0 Å². The minimum atomic E-state index is -0.0613. The first-order chi connectivity index (χ1) is 7.68. The van der Waals surface area contributed by atoms with Crippen LogP contribution in [-0.4, -0.2) is 40.8 Å². The number of aryl methyl sites for hydroxylation is 1. The van der Waals surface area contributed by atoms with Crippen LogP contribution in [0, 0.1) is 12.8 Å². The predicted octanol–water partition coefficient (Wildman–Crippen LogP) is 0.130. The van der Waals surface area contributed by atoms with Crippen LogP contribution in [0.15, 0.2) is 0 Å². The molecule has 1 atom stereocenters. The maximum Gasteiger partial charge on any atom is 0.199 e.